The van der Waals surface area contributed by atoms with E-state index in [1.165, 1.54) is 6.92 Å². The van der Waals surface area contributed by atoms with E-state index in [0.717, 1.165) is 0 Å². The third kappa shape index (κ3) is 3.01. The Morgan fingerprint density at radius 3 is 2.84 bits per heavy atom. The van der Waals surface area contributed by atoms with E-state index in [9.17, 15) is 19.9 Å². The number of cyclic esters (lactones) is 1. The van der Waals surface area contributed by atoms with Crippen LogP contribution in [-0.4, -0.2) is 59.1 Å². The van der Waals surface area contributed by atoms with Crippen LogP contribution in [0.2, 0.25) is 0 Å². The molecule has 5 atom stereocenters. The number of quaternary nitrogens is 1. The molecule has 0 aromatic carbocycles. The molecule has 0 aromatic rings. The summed E-state index contributed by atoms with van der Waals surface area (Å²) in [5, 5.41) is 23.5. The highest BCUT2D eigenvalue weighted by atomic mass is 16.6. The van der Waals surface area contributed by atoms with Crippen LogP contribution in [0.3, 0.4) is 0 Å². The molecule has 0 aromatic heterocycles. The van der Waals surface area contributed by atoms with Crippen molar-refractivity contribution in [2.24, 2.45) is 5.92 Å². The average molecular weight is 351 g/mol. The summed E-state index contributed by atoms with van der Waals surface area (Å²) in [7, 11) is 0. The molecule has 3 aliphatic rings. The van der Waals surface area contributed by atoms with Crippen LogP contribution in [0.1, 0.15) is 33.6 Å². The number of carbonyl (C=O) groups is 2. The lowest BCUT2D eigenvalue weighted by molar-refractivity contribution is -0.877. The minimum absolute atomic E-state index is 0.0564. The minimum Gasteiger partial charge on any atom is -0.632 e. The maximum Gasteiger partial charge on any atom is 0.338 e. The summed E-state index contributed by atoms with van der Waals surface area (Å²) in [4.78, 5) is 24.9. The summed E-state index contributed by atoms with van der Waals surface area (Å²) < 4.78 is 10.5. The Hall–Kier alpha value is -1.70. The van der Waals surface area contributed by atoms with Crippen LogP contribution >= 0.6 is 0 Å². The van der Waals surface area contributed by atoms with E-state index in [4.69, 9.17) is 9.47 Å². The molecule has 3 rings (SSSR count). The summed E-state index contributed by atoms with van der Waals surface area (Å²) in [6, 6.07) is -0.531. The second kappa shape index (κ2) is 6.23. The van der Waals surface area contributed by atoms with Gasteiger partial charge in [0, 0.05) is 17.6 Å². The van der Waals surface area contributed by atoms with Gasteiger partial charge in [-0.1, -0.05) is 13.0 Å². The first-order valence-electron chi connectivity index (χ1n) is 8.71. The largest absolute Gasteiger partial charge is 0.632 e. The number of hydrogen-bond acceptors (Lipinski definition) is 6. The van der Waals surface area contributed by atoms with Crippen molar-refractivity contribution in [1.29, 1.82) is 0 Å². The first-order valence-corrected chi connectivity index (χ1v) is 8.71. The topological polar surface area (TPSA) is 95.9 Å². The van der Waals surface area contributed by atoms with Crippen LogP contribution in [0.15, 0.2) is 23.3 Å². The summed E-state index contributed by atoms with van der Waals surface area (Å²) >= 11 is 0. The number of ether oxygens (including phenoxy) is 2. The fraction of sp³-hybridized carbons (Fsp3) is 0.667. The molecular weight excluding hydrogens is 326 g/mol. The van der Waals surface area contributed by atoms with Crippen LogP contribution < -0.4 is 0 Å². The molecule has 0 aliphatic carbocycles. The molecule has 2 unspecified atom stereocenters. The highest BCUT2D eigenvalue weighted by Crippen LogP contribution is 2.39. The molecule has 3 heterocycles. The van der Waals surface area contributed by atoms with E-state index in [0.29, 0.717) is 24.1 Å². The maximum atomic E-state index is 12.9. The SMILES string of the molecule is CC=C1C[C@@H](C)[C@@](C)(O)C(=O)OCC2=CC[N+]3([O-])CC[C@@H](OC1=O)C23. The van der Waals surface area contributed by atoms with Gasteiger partial charge < -0.3 is 24.4 Å². The zero-order valence-corrected chi connectivity index (χ0v) is 14.9. The normalized spacial score (nSPS) is 43.6. The van der Waals surface area contributed by atoms with Gasteiger partial charge in [0.15, 0.2) is 17.7 Å². The molecule has 0 saturated carbocycles. The van der Waals surface area contributed by atoms with Crippen molar-refractivity contribution in [2.75, 3.05) is 19.7 Å². The van der Waals surface area contributed by atoms with Crippen molar-refractivity contribution in [3.05, 3.63) is 28.5 Å². The van der Waals surface area contributed by atoms with E-state index in [2.05, 4.69) is 0 Å². The number of hydrogen-bond donors (Lipinski definition) is 1. The lowest BCUT2D eigenvalue weighted by Gasteiger charge is -2.41. The number of rotatable bonds is 0. The first kappa shape index (κ1) is 18.1. The fourth-order valence-corrected chi connectivity index (χ4v) is 3.91. The third-order valence-corrected chi connectivity index (χ3v) is 5.83. The van der Waals surface area contributed by atoms with E-state index < -0.39 is 40.2 Å². The van der Waals surface area contributed by atoms with Crippen LogP contribution in [-0.2, 0) is 19.1 Å². The Bertz CT molecular complexity index is 652. The summed E-state index contributed by atoms with van der Waals surface area (Å²) in [6.45, 7) is 5.39. The molecule has 3 aliphatic heterocycles. The predicted molar refractivity (Wildman–Crippen MR) is 88.9 cm³/mol. The van der Waals surface area contributed by atoms with E-state index in [-0.39, 0.29) is 19.6 Å². The van der Waals surface area contributed by atoms with Gasteiger partial charge in [0.2, 0.25) is 0 Å². The van der Waals surface area contributed by atoms with Crippen molar-refractivity contribution in [3.8, 4) is 0 Å². The second-order valence-corrected chi connectivity index (χ2v) is 7.46. The smallest absolute Gasteiger partial charge is 0.338 e. The van der Waals surface area contributed by atoms with Gasteiger partial charge in [-0.15, -0.1) is 0 Å². The highest BCUT2D eigenvalue weighted by molar-refractivity contribution is 5.89. The first-order chi connectivity index (χ1) is 11.7. The quantitative estimate of drug-likeness (QED) is 0.232. The molecule has 2 fully saturated rings. The van der Waals surface area contributed by atoms with Crippen molar-refractivity contribution in [2.45, 2.75) is 51.4 Å². The highest BCUT2D eigenvalue weighted by Gasteiger charge is 2.51. The van der Waals surface area contributed by atoms with Crippen LogP contribution in [0, 0.1) is 11.1 Å². The van der Waals surface area contributed by atoms with Crippen molar-refractivity contribution in [1.82, 2.24) is 0 Å². The molecule has 138 valence electrons. The van der Waals surface area contributed by atoms with E-state index in [1.807, 2.05) is 0 Å². The van der Waals surface area contributed by atoms with Crippen LogP contribution in [0.5, 0.6) is 0 Å². The molecule has 2 saturated heterocycles. The summed E-state index contributed by atoms with van der Waals surface area (Å²) in [5.74, 6) is -1.75. The van der Waals surface area contributed by atoms with Crippen molar-refractivity contribution in [3.63, 3.8) is 0 Å². The van der Waals surface area contributed by atoms with Gasteiger partial charge in [-0.05, 0) is 32.3 Å². The third-order valence-electron chi connectivity index (χ3n) is 5.83. The molecule has 7 heteroatoms. The van der Waals surface area contributed by atoms with Gasteiger partial charge in [-0.25, -0.2) is 9.59 Å². The van der Waals surface area contributed by atoms with Gasteiger partial charge >= 0.3 is 11.9 Å². The monoisotopic (exact) mass is 351 g/mol. The maximum absolute atomic E-state index is 12.9. The molecule has 7 nitrogen and oxygen atoms in total. The summed E-state index contributed by atoms with van der Waals surface area (Å²) in [6.07, 6.45) is 3.57. The van der Waals surface area contributed by atoms with E-state index >= 15 is 0 Å². The Morgan fingerprint density at radius 1 is 1.44 bits per heavy atom. The number of allylic oxidation sites excluding steroid dienone is 1. The molecule has 0 spiro atoms. The lowest BCUT2D eigenvalue weighted by atomic mass is 9.85. The predicted octanol–water partition coefficient (Wildman–Crippen LogP) is 1.21. The molecule has 0 bridgehead atoms. The number of hydroxylamine groups is 3. The number of carbonyl (C=O) groups excluding carboxylic acids is 2. The standard InChI is InChI=1S/C18H25NO6/c1-4-12-9-11(2)18(3,22)17(21)24-10-13-5-7-19(23)8-6-14(15(13)19)25-16(12)20/h4-5,11,14-15,22H,6-10H2,1-3H3/t11-,14-,15?,18-,19?/m1/s1. The van der Waals surface area contributed by atoms with Gasteiger partial charge in [0.05, 0.1) is 13.1 Å². The van der Waals surface area contributed by atoms with Gasteiger partial charge in [0.25, 0.3) is 0 Å². The lowest BCUT2D eigenvalue weighted by Crippen LogP contribution is -2.49. The van der Waals surface area contributed by atoms with Crippen molar-refractivity contribution < 1.29 is 28.8 Å². The Balaban J connectivity index is 1.94. The zero-order chi connectivity index (χ0) is 18.4. The Morgan fingerprint density at radius 2 is 2.16 bits per heavy atom. The molecule has 1 N–H and O–H groups in total. The number of aliphatic hydroxyl groups is 1. The molecule has 0 radical (unpaired) electrons. The van der Waals surface area contributed by atoms with Gasteiger partial charge in [-0.2, -0.15) is 0 Å². The van der Waals surface area contributed by atoms with E-state index in [1.54, 1.807) is 26.0 Å². The van der Waals surface area contributed by atoms with Crippen molar-refractivity contribution >= 4 is 11.9 Å². The number of nitrogens with zero attached hydrogens (tertiary/aromatic N) is 1. The molecule has 0 amide bonds. The number of esters is 2. The summed E-state index contributed by atoms with van der Waals surface area (Å²) in [5.41, 5.74) is -0.670. The molecule has 25 heavy (non-hydrogen) atoms. The van der Waals surface area contributed by atoms with Gasteiger partial charge in [0.1, 0.15) is 6.61 Å². The Labute approximate surface area is 147 Å². The minimum atomic E-state index is -1.73. The van der Waals surface area contributed by atoms with Crippen LogP contribution in [0.25, 0.3) is 0 Å². The zero-order valence-electron chi connectivity index (χ0n) is 14.9. The fourth-order valence-electron chi connectivity index (χ4n) is 3.91. The Kier molecular flexibility index (Phi) is 4.51. The average Bonchev–Trinajstić information content (AvgIpc) is 3.05. The second-order valence-electron chi connectivity index (χ2n) is 7.46. The van der Waals surface area contributed by atoms with Gasteiger partial charge in [-0.3, -0.25) is 0 Å². The molecular formula is C18H25NO6. The van der Waals surface area contributed by atoms with Crippen LogP contribution in [0.4, 0.5) is 0 Å².